The van der Waals surface area contributed by atoms with Gasteiger partial charge in [-0.1, -0.05) is 0 Å². The molecule has 2 amide bonds. The van der Waals surface area contributed by atoms with Gasteiger partial charge in [0.15, 0.2) is 0 Å². The Morgan fingerprint density at radius 1 is 1.21 bits per heavy atom. The van der Waals surface area contributed by atoms with Crippen molar-refractivity contribution in [1.82, 2.24) is 24.9 Å². The lowest BCUT2D eigenvalue weighted by Crippen LogP contribution is -2.46. The predicted molar refractivity (Wildman–Crippen MR) is 111 cm³/mol. The van der Waals surface area contributed by atoms with E-state index in [0.717, 1.165) is 38.9 Å². The van der Waals surface area contributed by atoms with Crippen LogP contribution in [0.25, 0.3) is 0 Å². The van der Waals surface area contributed by atoms with E-state index in [0.29, 0.717) is 37.2 Å². The summed E-state index contributed by atoms with van der Waals surface area (Å²) in [5.41, 5.74) is 0.190. The van der Waals surface area contributed by atoms with Crippen LogP contribution in [-0.2, 0) is 11.3 Å². The molecule has 1 aromatic heterocycles. The van der Waals surface area contributed by atoms with Gasteiger partial charge < -0.3 is 19.9 Å². The van der Waals surface area contributed by atoms with Gasteiger partial charge in [-0.2, -0.15) is 5.10 Å². The Bertz CT molecular complexity index is 703. The molecule has 2 aliphatic heterocycles. The highest BCUT2D eigenvalue weighted by molar-refractivity contribution is 5.92. The topological polar surface area (TPSA) is 79.7 Å². The van der Waals surface area contributed by atoms with Crippen LogP contribution in [0.3, 0.4) is 0 Å². The lowest BCUT2D eigenvalue weighted by atomic mass is 9.83. The SMILES string of the molecule is CN1CC(C2CCN(C(=O)OC(C)(C)C)CC2)CNCCCn2nccc2C1=O. The van der Waals surface area contributed by atoms with E-state index in [1.165, 1.54) is 0 Å². The van der Waals surface area contributed by atoms with E-state index < -0.39 is 5.60 Å². The van der Waals surface area contributed by atoms with Crippen LogP contribution in [0, 0.1) is 11.8 Å². The molecule has 0 radical (unpaired) electrons. The minimum absolute atomic E-state index is 0.0283. The minimum atomic E-state index is -0.470. The summed E-state index contributed by atoms with van der Waals surface area (Å²) in [6.45, 7) is 10.3. The number of piperidine rings is 1. The van der Waals surface area contributed by atoms with Crippen molar-refractivity contribution < 1.29 is 14.3 Å². The molecule has 0 aromatic carbocycles. The number of aryl methyl sites for hydroxylation is 1. The van der Waals surface area contributed by atoms with E-state index in [9.17, 15) is 9.59 Å². The van der Waals surface area contributed by atoms with Crippen LogP contribution in [0.15, 0.2) is 12.3 Å². The number of rotatable bonds is 1. The summed E-state index contributed by atoms with van der Waals surface area (Å²) < 4.78 is 7.31. The Balaban J connectivity index is 1.61. The van der Waals surface area contributed by atoms with Crippen LogP contribution in [0.2, 0.25) is 0 Å². The summed E-state index contributed by atoms with van der Waals surface area (Å²) >= 11 is 0. The van der Waals surface area contributed by atoms with Crippen LogP contribution in [0.4, 0.5) is 4.79 Å². The van der Waals surface area contributed by atoms with E-state index in [1.54, 1.807) is 16.9 Å². The zero-order valence-corrected chi connectivity index (χ0v) is 18.2. The van der Waals surface area contributed by atoms with Gasteiger partial charge in [0.25, 0.3) is 5.91 Å². The van der Waals surface area contributed by atoms with Crippen LogP contribution < -0.4 is 5.32 Å². The molecule has 2 aliphatic rings. The van der Waals surface area contributed by atoms with E-state index in [2.05, 4.69) is 10.4 Å². The van der Waals surface area contributed by atoms with Gasteiger partial charge in [0, 0.05) is 39.4 Å². The quantitative estimate of drug-likeness (QED) is 0.775. The maximum absolute atomic E-state index is 12.9. The molecule has 0 bridgehead atoms. The fourth-order valence-electron chi connectivity index (χ4n) is 4.22. The molecule has 0 saturated carbocycles. The van der Waals surface area contributed by atoms with Gasteiger partial charge in [0.1, 0.15) is 11.3 Å². The third-order valence-electron chi connectivity index (χ3n) is 5.78. The van der Waals surface area contributed by atoms with Crippen LogP contribution >= 0.6 is 0 Å². The molecule has 162 valence electrons. The van der Waals surface area contributed by atoms with Crippen LogP contribution in [0.5, 0.6) is 0 Å². The summed E-state index contributed by atoms with van der Waals surface area (Å²) in [4.78, 5) is 28.9. The zero-order chi connectivity index (χ0) is 21.0. The maximum atomic E-state index is 12.9. The van der Waals surface area contributed by atoms with Crippen molar-refractivity contribution in [3.05, 3.63) is 18.0 Å². The predicted octanol–water partition coefficient (Wildman–Crippen LogP) is 2.21. The number of carbonyl (C=O) groups excluding carboxylic acids is 2. The van der Waals surface area contributed by atoms with Gasteiger partial charge in [0.05, 0.1) is 0 Å². The van der Waals surface area contributed by atoms with Gasteiger partial charge in [-0.15, -0.1) is 0 Å². The fourth-order valence-corrected chi connectivity index (χ4v) is 4.22. The van der Waals surface area contributed by atoms with E-state index in [-0.39, 0.29) is 12.0 Å². The highest BCUT2D eigenvalue weighted by Gasteiger charge is 2.32. The first-order chi connectivity index (χ1) is 13.7. The molecule has 8 nitrogen and oxygen atoms in total. The molecule has 1 aromatic rings. The highest BCUT2D eigenvalue weighted by atomic mass is 16.6. The molecular weight excluding hydrogens is 370 g/mol. The average molecular weight is 406 g/mol. The number of amides is 2. The summed E-state index contributed by atoms with van der Waals surface area (Å²) in [5.74, 6) is 0.863. The normalized spacial score (nSPS) is 22.8. The lowest BCUT2D eigenvalue weighted by molar-refractivity contribution is 0.0152. The first-order valence-corrected chi connectivity index (χ1v) is 10.7. The van der Waals surface area contributed by atoms with E-state index in [1.807, 2.05) is 37.6 Å². The first-order valence-electron chi connectivity index (χ1n) is 10.7. The Labute approximate surface area is 173 Å². The maximum Gasteiger partial charge on any atom is 0.410 e. The van der Waals surface area contributed by atoms with Gasteiger partial charge in [-0.05, 0) is 71.0 Å². The Kier molecular flexibility index (Phi) is 6.82. The summed E-state index contributed by atoms with van der Waals surface area (Å²) in [6.07, 6.45) is 4.29. The highest BCUT2D eigenvalue weighted by Crippen LogP contribution is 2.27. The van der Waals surface area contributed by atoms with Crippen molar-refractivity contribution in [2.75, 3.05) is 39.8 Å². The minimum Gasteiger partial charge on any atom is -0.444 e. The molecule has 3 heterocycles. The molecule has 29 heavy (non-hydrogen) atoms. The van der Waals surface area contributed by atoms with Crippen LogP contribution in [-0.4, -0.2) is 77.0 Å². The molecule has 1 N–H and O–H groups in total. The summed E-state index contributed by atoms with van der Waals surface area (Å²) in [6, 6.07) is 1.80. The Morgan fingerprint density at radius 2 is 1.93 bits per heavy atom. The lowest BCUT2D eigenvalue weighted by Gasteiger charge is -2.38. The zero-order valence-electron chi connectivity index (χ0n) is 18.2. The molecule has 1 saturated heterocycles. The number of nitrogens with zero attached hydrogens (tertiary/aromatic N) is 4. The van der Waals surface area contributed by atoms with Crippen molar-refractivity contribution in [2.24, 2.45) is 11.8 Å². The number of likely N-dealkylation sites (tertiary alicyclic amines) is 1. The van der Waals surface area contributed by atoms with Crippen molar-refractivity contribution in [1.29, 1.82) is 0 Å². The molecule has 3 rings (SSSR count). The number of hydrogen-bond acceptors (Lipinski definition) is 5. The average Bonchev–Trinajstić information content (AvgIpc) is 3.12. The molecule has 0 spiro atoms. The summed E-state index contributed by atoms with van der Waals surface area (Å²) in [7, 11) is 1.88. The van der Waals surface area contributed by atoms with Gasteiger partial charge in [-0.3, -0.25) is 9.48 Å². The first kappa shape index (κ1) is 21.6. The van der Waals surface area contributed by atoms with Gasteiger partial charge in [-0.25, -0.2) is 4.79 Å². The molecule has 1 unspecified atom stereocenters. The second-order valence-electron chi connectivity index (χ2n) is 9.25. The molecule has 1 atom stereocenters. The molecule has 8 heteroatoms. The second-order valence-corrected chi connectivity index (χ2v) is 9.25. The van der Waals surface area contributed by atoms with Crippen molar-refractivity contribution in [3.63, 3.8) is 0 Å². The number of hydrogen-bond donors (Lipinski definition) is 1. The number of nitrogens with one attached hydrogen (secondary N) is 1. The van der Waals surface area contributed by atoms with Crippen molar-refractivity contribution in [3.8, 4) is 0 Å². The van der Waals surface area contributed by atoms with E-state index >= 15 is 0 Å². The number of carbonyl (C=O) groups is 2. The van der Waals surface area contributed by atoms with Gasteiger partial charge >= 0.3 is 6.09 Å². The Hall–Kier alpha value is -2.09. The third-order valence-corrected chi connectivity index (χ3v) is 5.78. The monoisotopic (exact) mass is 405 g/mol. The molecular formula is C21H35N5O3. The van der Waals surface area contributed by atoms with Crippen molar-refractivity contribution >= 4 is 12.0 Å². The molecule has 1 fully saturated rings. The van der Waals surface area contributed by atoms with Crippen LogP contribution in [0.1, 0.15) is 50.5 Å². The number of fused-ring (bicyclic) bond motifs is 1. The van der Waals surface area contributed by atoms with Crippen molar-refractivity contribution in [2.45, 2.75) is 52.2 Å². The Morgan fingerprint density at radius 3 is 2.62 bits per heavy atom. The number of aromatic nitrogens is 2. The largest absolute Gasteiger partial charge is 0.444 e. The molecule has 0 aliphatic carbocycles. The smallest absolute Gasteiger partial charge is 0.410 e. The number of ether oxygens (including phenoxy) is 1. The standard InChI is InChI=1S/C21H35N5O3/c1-21(2,3)29-20(28)25-12-7-16(8-13-25)17-14-22-9-5-11-26-18(6-10-23-26)19(27)24(4)15-17/h6,10,16-17,22H,5,7-9,11-15H2,1-4H3. The second kappa shape index (κ2) is 9.15. The third kappa shape index (κ3) is 5.72. The van der Waals surface area contributed by atoms with E-state index in [4.69, 9.17) is 4.74 Å². The fraction of sp³-hybridized carbons (Fsp3) is 0.762. The summed E-state index contributed by atoms with van der Waals surface area (Å²) in [5, 5.41) is 7.87. The van der Waals surface area contributed by atoms with Gasteiger partial charge in [0.2, 0.25) is 0 Å².